The molecule has 1 aromatic rings. The Morgan fingerprint density at radius 2 is 2.05 bits per heavy atom. The molecule has 0 aromatic heterocycles. The molecule has 0 fully saturated rings. The molecule has 0 aliphatic heterocycles. The summed E-state index contributed by atoms with van der Waals surface area (Å²) >= 11 is 0. The van der Waals surface area contributed by atoms with Gasteiger partial charge >= 0.3 is 0 Å². The van der Waals surface area contributed by atoms with Crippen molar-refractivity contribution in [3.63, 3.8) is 0 Å². The molecule has 112 valence electrons. The van der Waals surface area contributed by atoms with Gasteiger partial charge in [-0.05, 0) is 12.1 Å². The van der Waals surface area contributed by atoms with Crippen molar-refractivity contribution in [2.75, 3.05) is 33.5 Å². The third-order valence-corrected chi connectivity index (χ3v) is 4.50. The average Bonchev–Trinajstić information content (AvgIpc) is 2.38. The molecule has 0 aliphatic rings. The zero-order valence-corrected chi connectivity index (χ0v) is 12.4. The number of ether oxygens (including phenoxy) is 1. The van der Waals surface area contributed by atoms with Crippen LogP contribution in [0, 0.1) is 0 Å². The van der Waals surface area contributed by atoms with E-state index in [-0.39, 0.29) is 29.4 Å². The molecule has 0 bridgehead atoms. The molecule has 1 rings (SSSR count). The van der Waals surface area contributed by atoms with Gasteiger partial charge in [0.25, 0.3) is 5.91 Å². The number of rotatable bonds is 6. The highest BCUT2D eigenvalue weighted by atomic mass is 32.2. The predicted molar refractivity (Wildman–Crippen MR) is 74.5 cm³/mol. The number of amides is 1. The van der Waals surface area contributed by atoms with Crippen molar-refractivity contribution in [1.82, 2.24) is 9.62 Å². The van der Waals surface area contributed by atoms with E-state index in [2.05, 4.69) is 5.32 Å². The molecule has 0 heterocycles. The van der Waals surface area contributed by atoms with Crippen LogP contribution in [0.5, 0.6) is 11.5 Å². The first-order chi connectivity index (χ1) is 9.29. The number of aromatic hydroxyl groups is 1. The van der Waals surface area contributed by atoms with Crippen LogP contribution in [0.3, 0.4) is 0 Å². The summed E-state index contributed by atoms with van der Waals surface area (Å²) in [5.41, 5.74) is 0.0339. The number of nitrogens with zero attached hydrogens (tertiary/aromatic N) is 1. The second-order valence-corrected chi connectivity index (χ2v) is 6.51. The van der Waals surface area contributed by atoms with Crippen molar-refractivity contribution < 1.29 is 23.1 Å². The Bertz CT molecular complexity index is 584. The fourth-order valence-electron chi connectivity index (χ4n) is 1.44. The number of carbonyl (C=O) groups excluding carboxylic acids is 1. The Morgan fingerprint density at radius 3 is 2.60 bits per heavy atom. The van der Waals surface area contributed by atoms with Gasteiger partial charge in [0.1, 0.15) is 0 Å². The van der Waals surface area contributed by atoms with E-state index < -0.39 is 15.9 Å². The summed E-state index contributed by atoms with van der Waals surface area (Å²) in [5, 5.41) is 12.2. The van der Waals surface area contributed by atoms with Gasteiger partial charge in [0, 0.05) is 20.6 Å². The highest BCUT2D eigenvalue weighted by molar-refractivity contribution is 7.89. The first kappa shape index (κ1) is 16.3. The lowest BCUT2D eigenvalue weighted by Crippen LogP contribution is -2.33. The number of carbonyl (C=O) groups is 1. The summed E-state index contributed by atoms with van der Waals surface area (Å²) < 4.78 is 29.0. The Kier molecular flexibility index (Phi) is 5.34. The van der Waals surface area contributed by atoms with Gasteiger partial charge in [0.15, 0.2) is 11.5 Å². The van der Waals surface area contributed by atoms with Crippen molar-refractivity contribution in [1.29, 1.82) is 0 Å². The molecule has 0 saturated carbocycles. The number of nitrogens with one attached hydrogen (secondary N) is 1. The minimum atomic E-state index is -3.37. The number of benzene rings is 1. The Hall–Kier alpha value is -1.80. The lowest BCUT2D eigenvalue weighted by Gasteiger charge is -2.12. The van der Waals surface area contributed by atoms with Crippen LogP contribution < -0.4 is 10.1 Å². The van der Waals surface area contributed by atoms with Crippen LogP contribution in [0.4, 0.5) is 0 Å². The molecule has 0 atom stereocenters. The van der Waals surface area contributed by atoms with Crippen LogP contribution in [0.25, 0.3) is 0 Å². The summed E-state index contributed by atoms with van der Waals surface area (Å²) in [6.07, 6.45) is 0. The van der Waals surface area contributed by atoms with Gasteiger partial charge in [-0.2, -0.15) is 0 Å². The van der Waals surface area contributed by atoms with Crippen molar-refractivity contribution in [3.05, 3.63) is 23.8 Å². The van der Waals surface area contributed by atoms with Crippen LogP contribution >= 0.6 is 0 Å². The molecule has 0 saturated heterocycles. The molecule has 2 N–H and O–H groups in total. The van der Waals surface area contributed by atoms with Crippen LogP contribution in [0.2, 0.25) is 0 Å². The Labute approximate surface area is 118 Å². The molecule has 1 amide bonds. The zero-order chi connectivity index (χ0) is 15.3. The first-order valence-corrected chi connectivity index (χ1v) is 7.45. The fourth-order valence-corrected chi connectivity index (χ4v) is 2.17. The Morgan fingerprint density at radius 1 is 1.40 bits per heavy atom. The first-order valence-electron chi connectivity index (χ1n) is 5.84. The number of phenolic OH excluding ortho intramolecular Hbond substituents is 1. The molecule has 0 aliphatic carbocycles. The van der Waals surface area contributed by atoms with Gasteiger partial charge in [-0.25, -0.2) is 12.7 Å². The zero-order valence-electron chi connectivity index (χ0n) is 11.6. The molecule has 7 nitrogen and oxygen atoms in total. The maximum absolute atomic E-state index is 11.9. The summed E-state index contributed by atoms with van der Waals surface area (Å²) in [4.78, 5) is 11.9. The third-order valence-electron chi connectivity index (χ3n) is 2.67. The maximum Gasteiger partial charge on any atom is 0.255 e. The molecular formula is C12H18N2O5S. The second-order valence-electron chi connectivity index (χ2n) is 4.21. The summed E-state index contributed by atoms with van der Waals surface area (Å²) in [7, 11) is 0.851. The number of hydrogen-bond donors (Lipinski definition) is 2. The summed E-state index contributed by atoms with van der Waals surface area (Å²) in [5.74, 6) is -0.867. The third kappa shape index (κ3) is 3.84. The minimum Gasteiger partial charge on any atom is -0.504 e. The van der Waals surface area contributed by atoms with Crippen LogP contribution in [-0.2, 0) is 10.0 Å². The molecule has 0 unspecified atom stereocenters. The van der Waals surface area contributed by atoms with E-state index in [0.29, 0.717) is 0 Å². The average molecular weight is 302 g/mol. The van der Waals surface area contributed by atoms with E-state index >= 15 is 0 Å². The number of hydrogen-bond acceptors (Lipinski definition) is 5. The second kappa shape index (κ2) is 6.58. The normalized spacial score (nSPS) is 11.4. The number of sulfonamides is 1. The van der Waals surface area contributed by atoms with Gasteiger partial charge < -0.3 is 15.2 Å². The number of phenols is 1. The molecule has 0 radical (unpaired) electrons. The minimum absolute atomic E-state index is 0.0339. The lowest BCUT2D eigenvalue weighted by molar-refractivity contribution is 0.0953. The van der Waals surface area contributed by atoms with Crippen LogP contribution in [0.1, 0.15) is 10.4 Å². The quantitative estimate of drug-likeness (QED) is 0.772. The summed E-state index contributed by atoms with van der Waals surface area (Å²) in [6.45, 7) is -0.0456. The van der Waals surface area contributed by atoms with Gasteiger partial charge in [-0.3, -0.25) is 4.79 Å². The smallest absolute Gasteiger partial charge is 0.255 e. The predicted octanol–water partition coefficient (Wildman–Crippen LogP) is 0.0220. The Balaban J connectivity index is 2.69. The van der Waals surface area contributed by atoms with Crippen molar-refractivity contribution in [2.24, 2.45) is 0 Å². The molecule has 0 spiro atoms. The molecular weight excluding hydrogens is 284 g/mol. The molecule has 8 heteroatoms. The van der Waals surface area contributed by atoms with Crippen LogP contribution in [0.15, 0.2) is 18.2 Å². The van der Waals surface area contributed by atoms with Crippen molar-refractivity contribution in [2.45, 2.75) is 0 Å². The van der Waals surface area contributed by atoms with Crippen molar-refractivity contribution in [3.8, 4) is 11.5 Å². The van der Waals surface area contributed by atoms with Gasteiger partial charge in [0.05, 0.1) is 18.4 Å². The topological polar surface area (TPSA) is 95.9 Å². The van der Waals surface area contributed by atoms with Gasteiger partial charge in [-0.1, -0.05) is 6.07 Å². The van der Waals surface area contributed by atoms with E-state index in [9.17, 15) is 18.3 Å². The number of para-hydroxylation sites is 1. The molecule has 1 aromatic carbocycles. The van der Waals surface area contributed by atoms with E-state index in [1.165, 1.54) is 33.3 Å². The van der Waals surface area contributed by atoms with E-state index in [0.717, 1.165) is 4.31 Å². The van der Waals surface area contributed by atoms with Gasteiger partial charge in [-0.15, -0.1) is 0 Å². The molecule has 20 heavy (non-hydrogen) atoms. The highest BCUT2D eigenvalue weighted by Crippen LogP contribution is 2.28. The fraction of sp³-hybridized carbons (Fsp3) is 0.417. The maximum atomic E-state index is 11.9. The van der Waals surface area contributed by atoms with Crippen LogP contribution in [-0.4, -0.2) is 57.2 Å². The van der Waals surface area contributed by atoms with E-state index in [4.69, 9.17) is 4.74 Å². The summed E-state index contributed by atoms with van der Waals surface area (Å²) in [6, 6.07) is 4.50. The highest BCUT2D eigenvalue weighted by Gasteiger charge is 2.17. The largest absolute Gasteiger partial charge is 0.504 e. The standard InChI is InChI=1S/C12H18N2O5S/c1-14(2)20(17,18)8-7-13-12(16)9-5-4-6-10(19-3)11(9)15/h4-6,15H,7-8H2,1-3H3,(H,13,16). The van der Waals surface area contributed by atoms with E-state index in [1.54, 1.807) is 6.07 Å². The SMILES string of the molecule is COc1cccc(C(=O)NCCS(=O)(=O)N(C)C)c1O. The number of methoxy groups -OCH3 is 1. The lowest BCUT2D eigenvalue weighted by atomic mass is 10.1. The monoisotopic (exact) mass is 302 g/mol. The van der Waals surface area contributed by atoms with Gasteiger partial charge in [0.2, 0.25) is 10.0 Å². The van der Waals surface area contributed by atoms with Crippen molar-refractivity contribution >= 4 is 15.9 Å². The van der Waals surface area contributed by atoms with E-state index in [1.807, 2.05) is 0 Å².